The van der Waals surface area contributed by atoms with Gasteiger partial charge in [-0.15, -0.1) is 0 Å². The van der Waals surface area contributed by atoms with Crippen molar-refractivity contribution in [1.29, 1.82) is 0 Å². The number of rotatable bonds is 8. The van der Waals surface area contributed by atoms with E-state index in [2.05, 4.69) is 48.5 Å². The summed E-state index contributed by atoms with van der Waals surface area (Å²) in [7, 11) is 0. The number of fused-ring (bicyclic) bond motifs is 1. The van der Waals surface area contributed by atoms with E-state index in [1.165, 1.54) is 49.7 Å². The van der Waals surface area contributed by atoms with Gasteiger partial charge in [0.25, 0.3) is 0 Å². The molecular weight excluding hydrogens is 476 g/mol. The molecule has 3 saturated carbocycles. The van der Waals surface area contributed by atoms with Gasteiger partial charge in [0.05, 0.1) is 5.60 Å². The van der Waals surface area contributed by atoms with Gasteiger partial charge in [-0.3, -0.25) is 4.79 Å². The molecule has 3 aliphatic carbocycles. The summed E-state index contributed by atoms with van der Waals surface area (Å²) in [6, 6.07) is 0. The smallest absolute Gasteiger partial charge is 0.316 e. The number of hydrogen-bond donors (Lipinski definition) is 1. The number of aliphatic hydroxyl groups is 1. The molecule has 0 aromatic carbocycles. The Morgan fingerprint density at radius 3 is 2.76 bits per heavy atom. The van der Waals surface area contributed by atoms with Crippen molar-refractivity contribution >= 4 is 21.9 Å². The largest absolute Gasteiger partial charge is 0.461 e. The molecule has 3 rings (SSSR count). The van der Waals surface area contributed by atoms with E-state index in [9.17, 15) is 9.90 Å². The van der Waals surface area contributed by atoms with Crippen LogP contribution in [0, 0.1) is 23.2 Å². The summed E-state index contributed by atoms with van der Waals surface area (Å²) in [5, 5.41) is 10.3. The van der Waals surface area contributed by atoms with Gasteiger partial charge in [-0.25, -0.2) is 0 Å². The molecule has 0 aliphatic heterocycles. The summed E-state index contributed by atoms with van der Waals surface area (Å²) in [4.78, 5) is 11.7. The number of esters is 1. The van der Waals surface area contributed by atoms with E-state index in [0.29, 0.717) is 17.3 Å². The molecule has 0 radical (unpaired) electrons. The summed E-state index contributed by atoms with van der Waals surface area (Å²) in [6.45, 7) is 13.1. The van der Waals surface area contributed by atoms with Crippen molar-refractivity contribution < 1.29 is 14.6 Å². The first-order valence-corrected chi connectivity index (χ1v) is 14.2. The van der Waals surface area contributed by atoms with Crippen LogP contribution in [0.1, 0.15) is 98.3 Å². The van der Waals surface area contributed by atoms with Crippen LogP contribution >= 0.6 is 15.9 Å². The third-order valence-electron chi connectivity index (χ3n) is 8.75. The minimum atomic E-state index is -0.551. The zero-order chi connectivity index (χ0) is 24.2. The van der Waals surface area contributed by atoms with Gasteiger partial charge in [0.1, 0.15) is 11.4 Å². The van der Waals surface area contributed by atoms with E-state index < -0.39 is 5.60 Å². The van der Waals surface area contributed by atoms with Crippen LogP contribution < -0.4 is 0 Å². The lowest BCUT2D eigenvalue weighted by atomic mass is 9.60. The fourth-order valence-corrected chi connectivity index (χ4v) is 7.10. The van der Waals surface area contributed by atoms with E-state index in [1.807, 2.05) is 13.8 Å². The van der Waals surface area contributed by atoms with Crippen LogP contribution in [-0.4, -0.2) is 28.1 Å². The van der Waals surface area contributed by atoms with Crippen molar-refractivity contribution in [2.75, 3.05) is 5.33 Å². The molecule has 186 valence electrons. The molecule has 5 atom stereocenters. The molecule has 0 bridgehead atoms. The second kappa shape index (κ2) is 11.2. The molecule has 33 heavy (non-hydrogen) atoms. The Balaban J connectivity index is 1.67. The van der Waals surface area contributed by atoms with E-state index >= 15 is 0 Å². The third-order valence-corrected chi connectivity index (χ3v) is 9.21. The van der Waals surface area contributed by atoms with Crippen molar-refractivity contribution in [2.45, 2.75) is 110 Å². The van der Waals surface area contributed by atoms with Crippen molar-refractivity contribution in [3.63, 3.8) is 0 Å². The maximum Gasteiger partial charge on any atom is 0.316 e. The van der Waals surface area contributed by atoms with E-state index in [1.54, 1.807) is 5.57 Å². The maximum atomic E-state index is 11.7. The van der Waals surface area contributed by atoms with Crippen LogP contribution in [-0.2, 0) is 9.53 Å². The predicted octanol–water partition coefficient (Wildman–Crippen LogP) is 7.68. The molecule has 0 aromatic rings. The standard InChI is InChI=1S/C29H45BrO3/c1-20-10-13-24(33-27(31)19-30)18-23(20)12-11-22-9-7-17-29(5)25(14-15-26(22)29)21(2)8-6-16-28(3,4)32/h11-12,21,24-26,32H,1,6-10,13-19H2,2-5H3/b22-11-,23-12+/t21-,24+,25-,26?,29-/m1/s1. The second-order valence-corrected chi connectivity index (χ2v) is 12.4. The van der Waals surface area contributed by atoms with E-state index in [0.717, 1.165) is 38.0 Å². The molecule has 1 unspecified atom stereocenters. The number of ether oxygens (including phenoxy) is 1. The normalized spacial score (nSPS) is 33.9. The highest BCUT2D eigenvalue weighted by atomic mass is 79.9. The fourth-order valence-electron chi connectivity index (χ4n) is 6.97. The van der Waals surface area contributed by atoms with Gasteiger partial charge in [0, 0.05) is 6.42 Å². The molecule has 3 nitrogen and oxygen atoms in total. The molecule has 0 heterocycles. The minimum Gasteiger partial charge on any atom is -0.461 e. The zero-order valence-electron chi connectivity index (χ0n) is 21.3. The Bertz CT molecular complexity index is 774. The molecule has 0 spiro atoms. The number of alkyl halides is 1. The lowest BCUT2D eigenvalue weighted by molar-refractivity contribution is -0.146. The SMILES string of the molecule is C=C1CC[C@H](OC(=O)CBr)C/C1=C\C=C1\CCC[C@@]2(C)C1CC[C@@H]2[C@H](C)CCCC(C)(C)O. The summed E-state index contributed by atoms with van der Waals surface area (Å²) < 4.78 is 5.59. The molecule has 0 saturated heterocycles. The molecule has 1 N–H and O–H groups in total. The van der Waals surface area contributed by atoms with Gasteiger partial charge in [-0.1, -0.05) is 72.5 Å². The first-order chi connectivity index (χ1) is 15.5. The quantitative estimate of drug-likeness (QED) is 0.263. The molecule has 3 fully saturated rings. The number of carbonyl (C=O) groups excluding carboxylic acids is 1. The number of hydrogen-bond acceptors (Lipinski definition) is 3. The first kappa shape index (κ1) is 26.7. The van der Waals surface area contributed by atoms with Crippen LogP contribution in [0.5, 0.6) is 0 Å². The monoisotopic (exact) mass is 520 g/mol. The van der Waals surface area contributed by atoms with Gasteiger partial charge in [0.2, 0.25) is 0 Å². The van der Waals surface area contributed by atoms with Crippen molar-refractivity contribution in [2.24, 2.45) is 23.2 Å². The number of halogens is 1. The van der Waals surface area contributed by atoms with Crippen LogP contribution in [0.3, 0.4) is 0 Å². The highest BCUT2D eigenvalue weighted by Gasteiger charge is 2.50. The minimum absolute atomic E-state index is 0.0255. The predicted molar refractivity (Wildman–Crippen MR) is 140 cm³/mol. The summed E-state index contributed by atoms with van der Waals surface area (Å²) >= 11 is 3.19. The molecule has 0 aromatic heterocycles. The van der Waals surface area contributed by atoms with Crippen LogP contribution in [0.15, 0.2) is 35.5 Å². The first-order valence-electron chi connectivity index (χ1n) is 13.1. The summed E-state index contributed by atoms with van der Waals surface area (Å²) in [5.41, 5.74) is 3.91. The van der Waals surface area contributed by atoms with Gasteiger partial charge in [-0.05, 0) is 94.0 Å². The average Bonchev–Trinajstić information content (AvgIpc) is 3.10. The van der Waals surface area contributed by atoms with Crippen molar-refractivity contribution in [3.8, 4) is 0 Å². The molecule has 3 aliphatic rings. The average molecular weight is 522 g/mol. The lowest BCUT2D eigenvalue weighted by Crippen LogP contribution is -2.36. The van der Waals surface area contributed by atoms with Gasteiger partial charge >= 0.3 is 5.97 Å². The number of carbonyl (C=O) groups is 1. The summed E-state index contributed by atoms with van der Waals surface area (Å²) in [6.07, 6.45) is 16.9. The van der Waals surface area contributed by atoms with Crippen molar-refractivity contribution in [1.82, 2.24) is 0 Å². The van der Waals surface area contributed by atoms with Gasteiger partial charge < -0.3 is 9.84 Å². The maximum absolute atomic E-state index is 11.7. The van der Waals surface area contributed by atoms with Gasteiger partial charge in [0.15, 0.2) is 0 Å². The highest BCUT2D eigenvalue weighted by molar-refractivity contribution is 9.09. The highest BCUT2D eigenvalue weighted by Crippen LogP contribution is 2.60. The van der Waals surface area contributed by atoms with E-state index in [4.69, 9.17) is 4.74 Å². The molecule has 4 heteroatoms. The second-order valence-electron chi connectivity index (χ2n) is 11.8. The Hall–Kier alpha value is -0.870. The zero-order valence-corrected chi connectivity index (χ0v) is 22.9. The van der Waals surface area contributed by atoms with Crippen LogP contribution in [0.4, 0.5) is 0 Å². The molecular formula is C29H45BrO3. The summed E-state index contributed by atoms with van der Waals surface area (Å²) in [5.74, 6) is 1.99. The Morgan fingerprint density at radius 1 is 1.30 bits per heavy atom. The number of allylic oxidation sites excluding steroid dienone is 4. The third kappa shape index (κ3) is 6.84. The Morgan fingerprint density at radius 2 is 2.06 bits per heavy atom. The van der Waals surface area contributed by atoms with Crippen LogP contribution in [0.25, 0.3) is 0 Å². The van der Waals surface area contributed by atoms with Crippen LogP contribution in [0.2, 0.25) is 0 Å². The Kier molecular flexibility index (Phi) is 9.11. The lowest BCUT2D eigenvalue weighted by Gasteiger charge is -2.44. The van der Waals surface area contributed by atoms with Gasteiger partial charge in [-0.2, -0.15) is 0 Å². The fraction of sp³-hybridized carbons (Fsp3) is 0.759. The van der Waals surface area contributed by atoms with E-state index in [-0.39, 0.29) is 17.4 Å². The topological polar surface area (TPSA) is 46.5 Å². The van der Waals surface area contributed by atoms with Crippen molar-refractivity contribution in [3.05, 3.63) is 35.5 Å². The Labute approximate surface area is 210 Å². The molecule has 0 amide bonds.